The van der Waals surface area contributed by atoms with E-state index < -0.39 is 0 Å². The van der Waals surface area contributed by atoms with Gasteiger partial charge in [0, 0.05) is 25.7 Å². The van der Waals surface area contributed by atoms with Crippen LogP contribution >= 0.6 is 11.5 Å². The Kier molecular flexibility index (Phi) is 5.13. The largest absolute Gasteiger partial charge is 0.348 e. The molecule has 0 radical (unpaired) electrons. The van der Waals surface area contributed by atoms with Gasteiger partial charge in [0.15, 0.2) is 0 Å². The summed E-state index contributed by atoms with van der Waals surface area (Å²) in [6.07, 6.45) is 4.62. The lowest BCUT2D eigenvalue weighted by Crippen LogP contribution is -2.45. The molecule has 0 aliphatic carbocycles. The van der Waals surface area contributed by atoms with Crippen LogP contribution < -0.4 is 5.32 Å². The summed E-state index contributed by atoms with van der Waals surface area (Å²) in [4.78, 5) is 15.0. The highest BCUT2D eigenvalue weighted by molar-refractivity contribution is 7.07. The van der Waals surface area contributed by atoms with E-state index in [2.05, 4.69) is 50.1 Å². The molecule has 0 spiro atoms. The first-order valence-electron chi connectivity index (χ1n) is 7.66. The number of amides is 1. The molecule has 2 heterocycles. The van der Waals surface area contributed by atoms with Crippen molar-refractivity contribution < 1.29 is 4.79 Å². The third-order valence-electron chi connectivity index (χ3n) is 4.07. The zero-order valence-electron chi connectivity index (χ0n) is 12.4. The van der Waals surface area contributed by atoms with E-state index in [9.17, 15) is 4.79 Å². The van der Waals surface area contributed by atoms with Gasteiger partial charge in [-0.25, -0.2) is 0 Å². The Morgan fingerprint density at radius 3 is 2.73 bits per heavy atom. The molecule has 3 rings (SSSR count). The molecule has 1 N–H and O–H groups in total. The standard InChI is InChI=1S/C16H20N4OS/c21-16(15-12-17-19-22-15)18-14-7-10-20(11-8-14)9-6-13-4-2-1-3-5-13/h1-5,12,14H,6-11H2,(H,18,21). The van der Waals surface area contributed by atoms with Crippen LogP contribution in [0, 0.1) is 0 Å². The minimum absolute atomic E-state index is 0.0438. The fourth-order valence-corrected chi connectivity index (χ4v) is 3.17. The molecule has 116 valence electrons. The fraction of sp³-hybridized carbons (Fsp3) is 0.438. The second kappa shape index (κ2) is 7.47. The molecular formula is C16H20N4OS. The molecule has 22 heavy (non-hydrogen) atoms. The minimum Gasteiger partial charge on any atom is -0.348 e. The number of aromatic nitrogens is 2. The molecule has 0 atom stereocenters. The number of nitrogens with one attached hydrogen (secondary N) is 1. The monoisotopic (exact) mass is 316 g/mol. The van der Waals surface area contributed by atoms with E-state index >= 15 is 0 Å². The summed E-state index contributed by atoms with van der Waals surface area (Å²) in [6, 6.07) is 10.8. The van der Waals surface area contributed by atoms with Crippen molar-refractivity contribution in [2.75, 3.05) is 19.6 Å². The fourth-order valence-electron chi connectivity index (χ4n) is 2.76. The molecule has 0 saturated carbocycles. The van der Waals surface area contributed by atoms with Gasteiger partial charge >= 0.3 is 0 Å². The van der Waals surface area contributed by atoms with Crippen molar-refractivity contribution in [3.63, 3.8) is 0 Å². The second-order valence-electron chi connectivity index (χ2n) is 5.61. The average molecular weight is 316 g/mol. The molecule has 1 amide bonds. The average Bonchev–Trinajstić information content (AvgIpc) is 3.10. The molecule has 1 fully saturated rings. The number of hydrogen-bond donors (Lipinski definition) is 1. The van der Waals surface area contributed by atoms with E-state index in [1.54, 1.807) is 0 Å². The number of nitrogens with zero attached hydrogens (tertiary/aromatic N) is 3. The number of carbonyl (C=O) groups is 1. The third kappa shape index (κ3) is 4.11. The summed E-state index contributed by atoms with van der Waals surface area (Å²) in [5, 5.41) is 6.78. The van der Waals surface area contributed by atoms with Crippen molar-refractivity contribution in [2.24, 2.45) is 0 Å². The maximum atomic E-state index is 12.0. The molecule has 1 aliphatic heterocycles. The maximum absolute atomic E-state index is 12.0. The predicted molar refractivity (Wildman–Crippen MR) is 87.0 cm³/mol. The normalized spacial score (nSPS) is 16.5. The number of hydrogen-bond acceptors (Lipinski definition) is 5. The summed E-state index contributed by atoms with van der Waals surface area (Å²) in [5.41, 5.74) is 1.38. The summed E-state index contributed by atoms with van der Waals surface area (Å²) in [7, 11) is 0. The SMILES string of the molecule is O=C(NC1CCN(CCc2ccccc2)CC1)c1cnns1. The molecule has 5 nitrogen and oxygen atoms in total. The van der Waals surface area contributed by atoms with E-state index in [0.29, 0.717) is 4.88 Å². The van der Waals surface area contributed by atoms with E-state index in [1.165, 1.54) is 11.8 Å². The van der Waals surface area contributed by atoms with Crippen molar-refractivity contribution >= 4 is 17.4 Å². The van der Waals surface area contributed by atoms with Crippen LogP contribution in [0.15, 0.2) is 36.5 Å². The van der Waals surface area contributed by atoms with Gasteiger partial charge in [-0.2, -0.15) is 0 Å². The lowest BCUT2D eigenvalue weighted by Gasteiger charge is -2.32. The number of carbonyl (C=O) groups excluding carboxylic acids is 1. The van der Waals surface area contributed by atoms with E-state index in [1.807, 2.05) is 0 Å². The Morgan fingerprint density at radius 1 is 1.27 bits per heavy atom. The lowest BCUT2D eigenvalue weighted by atomic mass is 10.0. The molecule has 1 aromatic heterocycles. The Balaban J connectivity index is 1.40. The van der Waals surface area contributed by atoms with Crippen LogP contribution in [0.3, 0.4) is 0 Å². The third-order valence-corrected chi connectivity index (χ3v) is 4.73. The lowest BCUT2D eigenvalue weighted by molar-refractivity contribution is 0.0915. The molecule has 0 unspecified atom stereocenters. The number of piperidine rings is 1. The molecule has 1 aliphatic rings. The first-order chi connectivity index (χ1) is 10.8. The zero-order valence-corrected chi connectivity index (χ0v) is 13.3. The summed E-state index contributed by atoms with van der Waals surface area (Å²) >= 11 is 1.14. The topological polar surface area (TPSA) is 58.1 Å². The molecule has 2 aromatic rings. The number of benzene rings is 1. The Labute approximate surface area is 134 Å². The van der Waals surface area contributed by atoms with Crippen molar-refractivity contribution in [1.29, 1.82) is 0 Å². The van der Waals surface area contributed by atoms with Crippen LogP contribution in [0.1, 0.15) is 28.1 Å². The van der Waals surface area contributed by atoms with Gasteiger partial charge in [0.25, 0.3) is 5.91 Å². The first-order valence-corrected chi connectivity index (χ1v) is 8.43. The molecule has 1 saturated heterocycles. The van der Waals surface area contributed by atoms with Gasteiger partial charge in [0.2, 0.25) is 0 Å². The Hall–Kier alpha value is -1.79. The Morgan fingerprint density at radius 2 is 2.05 bits per heavy atom. The van der Waals surface area contributed by atoms with E-state index in [-0.39, 0.29) is 11.9 Å². The van der Waals surface area contributed by atoms with Crippen LogP contribution in [0.5, 0.6) is 0 Å². The van der Waals surface area contributed by atoms with Crippen LogP contribution in [0.4, 0.5) is 0 Å². The highest BCUT2D eigenvalue weighted by Gasteiger charge is 2.21. The van der Waals surface area contributed by atoms with Crippen molar-refractivity contribution in [3.8, 4) is 0 Å². The van der Waals surface area contributed by atoms with Gasteiger partial charge in [0.1, 0.15) is 4.88 Å². The van der Waals surface area contributed by atoms with E-state index in [4.69, 9.17) is 0 Å². The van der Waals surface area contributed by atoms with E-state index in [0.717, 1.165) is 50.4 Å². The van der Waals surface area contributed by atoms with Gasteiger partial charge < -0.3 is 10.2 Å². The van der Waals surface area contributed by atoms with Crippen molar-refractivity contribution in [3.05, 3.63) is 47.0 Å². The van der Waals surface area contributed by atoms with Gasteiger partial charge in [0.05, 0.1) is 6.20 Å². The summed E-state index contributed by atoms with van der Waals surface area (Å²) in [6.45, 7) is 3.17. The quantitative estimate of drug-likeness (QED) is 0.916. The van der Waals surface area contributed by atoms with Gasteiger partial charge in [-0.15, -0.1) is 5.10 Å². The van der Waals surface area contributed by atoms with Crippen molar-refractivity contribution in [2.45, 2.75) is 25.3 Å². The predicted octanol–water partition coefficient (Wildman–Crippen LogP) is 1.97. The first kappa shape index (κ1) is 15.1. The van der Waals surface area contributed by atoms with Crippen LogP contribution in [0.2, 0.25) is 0 Å². The summed E-state index contributed by atoms with van der Waals surface area (Å²) < 4.78 is 3.72. The van der Waals surface area contributed by atoms with Crippen molar-refractivity contribution in [1.82, 2.24) is 19.8 Å². The summed E-state index contributed by atoms with van der Waals surface area (Å²) in [5.74, 6) is -0.0438. The van der Waals surface area contributed by atoms with Crippen LogP contribution in [0.25, 0.3) is 0 Å². The highest BCUT2D eigenvalue weighted by atomic mass is 32.1. The molecule has 6 heteroatoms. The smallest absolute Gasteiger partial charge is 0.264 e. The van der Waals surface area contributed by atoms with Crippen LogP contribution in [-0.4, -0.2) is 46.1 Å². The molecular weight excluding hydrogens is 296 g/mol. The van der Waals surface area contributed by atoms with Crippen LogP contribution in [-0.2, 0) is 6.42 Å². The van der Waals surface area contributed by atoms with Gasteiger partial charge in [-0.05, 0) is 36.4 Å². The zero-order chi connectivity index (χ0) is 15.2. The minimum atomic E-state index is -0.0438. The number of likely N-dealkylation sites (tertiary alicyclic amines) is 1. The second-order valence-corrected chi connectivity index (χ2v) is 6.39. The number of rotatable bonds is 5. The maximum Gasteiger partial charge on any atom is 0.264 e. The highest BCUT2D eigenvalue weighted by Crippen LogP contribution is 2.13. The Bertz CT molecular complexity index is 579. The molecule has 1 aromatic carbocycles. The van der Waals surface area contributed by atoms with Gasteiger partial charge in [-0.3, -0.25) is 4.79 Å². The van der Waals surface area contributed by atoms with Gasteiger partial charge in [-0.1, -0.05) is 34.8 Å². The molecule has 0 bridgehead atoms.